The van der Waals surface area contributed by atoms with Gasteiger partial charge in [-0.3, -0.25) is 4.79 Å². The summed E-state index contributed by atoms with van der Waals surface area (Å²) in [5.41, 5.74) is -0.318. The highest BCUT2D eigenvalue weighted by Gasteiger charge is 2.36. The minimum absolute atomic E-state index is 0.0556. The van der Waals surface area contributed by atoms with Crippen LogP contribution >= 0.6 is 0 Å². The molecule has 0 bridgehead atoms. The molecular weight excluding hydrogens is 338 g/mol. The molecular formula is C16H15BF3NO4. The highest BCUT2D eigenvalue weighted by atomic mass is 19.4. The topological polar surface area (TPSA) is 78.8 Å². The molecule has 0 aliphatic carbocycles. The van der Waals surface area contributed by atoms with Crippen LogP contribution in [0.2, 0.25) is 0 Å². The van der Waals surface area contributed by atoms with Crippen LogP contribution in [0.3, 0.4) is 0 Å². The third-order valence-electron chi connectivity index (χ3n) is 3.50. The summed E-state index contributed by atoms with van der Waals surface area (Å²) in [7, 11) is -0.529. The fourth-order valence-electron chi connectivity index (χ4n) is 2.24. The molecule has 0 aromatic heterocycles. The van der Waals surface area contributed by atoms with Gasteiger partial charge in [0, 0.05) is 6.54 Å². The van der Waals surface area contributed by atoms with Crippen molar-refractivity contribution in [3.63, 3.8) is 0 Å². The number of benzene rings is 2. The molecule has 0 fully saturated rings. The number of hydrogen-bond donors (Lipinski definition) is 3. The molecule has 3 N–H and O–H groups in total. The van der Waals surface area contributed by atoms with Gasteiger partial charge in [-0.1, -0.05) is 30.3 Å². The number of nitrogens with one attached hydrogen (secondary N) is 1. The van der Waals surface area contributed by atoms with Gasteiger partial charge in [-0.05, 0) is 23.2 Å². The number of para-hydroxylation sites is 1. The van der Waals surface area contributed by atoms with Gasteiger partial charge < -0.3 is 20.1 Å². The standard InChI is InChI=1S/C16H15BF3NO4/c1-25-14-12(3-2-4-13(14)16(18,19)20)15(22)21-9-10-5-7-11(8-6-10)17(23)24/h2-8,23-24H,9H2,1H3,(H,21,22). The maximum atomic E-state index is 13.0. The number of alkyl halides is 3. The maximum absolute atomic E-state index is 13.0. The van der Waals surface area contributed by atoms with Gasteiger partial charge in [0.2, 0.25) is 0 Å². The molecule has 2 rings (SSSR count). The fourth-order valence-corrected chi connectivity index (χ4v) is 2.24. The maximum Gasteiger partial charge on any atom is 0.488 e. The lowest BCUT2D eigenvalue weighted by Crippen LogP contribution is -2.30. The van der Waals surface area contributed by atoms with Crippen molar-refractivity contribution in [1.29, 1.82) is 0 Å². The first-order valence-electron chi connectivity index (χ1n) is 7.21. The SMILES string of the molecule is COc1c(C(=O)NCc2ccc(B(O)O)cc2)cccc1C(F)(F)F. The fraction of sp³-hybridized carbons (Fsp3) is 0.188. The summed E-state index contributed by atoms with van der Waals surface area (Å²) in [4.78, 5) is 12.2. The molecule has 2 aromatic rings. The molecule has 0 aliphatic rings. The van der Waals surface area contributed by atoms with Gasteiger partial charge in [-0.2, -0.15) is 13.2 Å². The van der Waals surface area contributed by atoms with Crippen LogP contribution in [-0.2, 0) is 12.7 Å². The molecule has 25 heavy (non-hydrogen) atoms. The lowest BCUT2D eigenvalue weighted by molar-refractivity contribution is -0.138. The lowest BCUT2D eigenvalue weighted by atomic mass is 9.80. The molecule has 0 aliphatic heterocycles. The largest absolute Gasteiger partial charge is 0.495 e. The minimum Gasteiger partial charge on any atom is -0.495 e. The van der Waals surface area contributed by atoms with Crippen molar-refractivity contribution in [2.45, 2.75) is 12.7 Å². The molecule has 0 saturated carbocycles. The van der Waals surface area contributed by atoms with Gasteiger partial charge in [-0.15, -0.1) is 0 Å². The summed E-state index contributed by atoms with van der Waals surface area (Å²) in [6.07, 6.45) is -4.64. The number of methoxy groups -OCH3 is 1. The summed E-state index contributed by atoms with van der Waals surface area (Å²) in [5.74, 6) is -1.25. The number of amides is 1. The van der Waals surface area contributed by atoms with Crippen LogP contribution in [0.25, 0.3) is 0 Å². The minimum atomic E-state index is -4.64. The van der Waals surface area contributed by atoms with Crippen LogP contribution in [0, 0.1) is 0 Å². The third-order valence-corrected chi connectivity index (χ3v) is 3.50. The molecule has 0 heterocycles. The van der Waals surface area contributed by atoms with Crippen LogP contribution in [0.4, 0.5) is 13.2 Å². The molecule has 0 atom stereocenters. The monoisotopic (exact) mass is 353 g/mol. The van der Waals surface area contributed by atoms with E-state index in [2.05, 4.69) is 5.32 Å². The summed E-state index contributed by atoms with van der Waals surface area (Å²) in [6.45, 7) is 0.0556. The Kier molecular flexibility index (Phi) is 5.71. The van der Waals surface area contributed by atoms with Crippen molar-refractivity contribution < 1.29 is 32.8 Å². The zero-order valence-electron chi connectivity index (χ0n) is 13.2. The molecule has 132 valence electrons. The van der Waals surface area contributed by atoms with Gasteiger partial charge in [0.15, 0.2) is 0 Å². The summed E-state index contributed by atoms with van der Waals surface area (Å²) in [6, 6.07) is 9.30. The molecule has 9 heteroatoms. The molecule has 0 saturated heterocycles. The summed E-state index contributed by atoms with van der Waals surface area (Å²) in [5, 5.41) is 20.5. The molecule has 0 unspecified atom stereocenters. The van der Waals surface area contributed by atoms with Crippen molar-refractivity contribution >= 4 is 18.5 Å². The predicted molar refractivity (Wildman–Crippen MR) is 85.4 cm³/mol. The number of rotatable bonds is 5. The van der Waals surface area contributed by atoms with E-state index in [1.807, 2.05) is 0 Å². The van der Waals surface area contributed by atoms with E-state index in [9.17, 15) is 18.0 Å². The Balaban J connectivity index is 2.16. The summed E-state index contributed by atoms with van der Waals surface area (Å²) >= 11 is 0. The second-order valence-electron chi connectivity index (χ2n) is 5.18. The Morgan fingerprint density at radius 3 is 2.32 bits per heavy atom. The third kappa shape index (κ3) is 4.52. The van der Waals surface area contributed by atoms with Gasteiger partial charge in [-0.25, -0.2) is 0 Å². The van der Waals surface area contributed by atoms with Gasteiger partial charge >= 0.3 is 13.3 Å². The first kappa shape index (κ1) is 18.8. The Bertz CT molecular complexity index is 748. The average Bonchev–Trinajstić information content (AvgIpc) is 2.58. The first-order valence-corrected chi connectivity index (χ1v) is 7.21. The summed E-state index contributed by atoms with van der Waals surface area (Å²) < 4.78 is 43.7. The number of halogens is 3. The van der Waals surface area contributed by atoms with E-state index in [0.29, 0.717) is 5.56 Å². The Labute approximate surface area is 142 Å². The first-order chi connectivity index (χ1) is 11.7. The van der Waals surface area contributed by atoms with Crippen molar-refractivity contribution in [2.75, 3.05) is 7.11 Å². The Morgan fingerprint density at radius 1 is 1.16 bits per heavy atom. The quantitative estimate of drug-likeness (QED) is 0.709. The second-order valence-corrected chi connectivity index (χ2v) is 5.18. The highest BCUT2D eigenvalue weighted by Crippen LogP contribution is 2.37. The van der Waals surface area contributed by atoms with Crippen molar-refractivity contribution in [3.8, 4) is 5.75 Å². The van der Waals surface area contributed by atoms with E-state index in [0.717, 1.165) is 19.2 Å². The number of hydrogen-bond acceptors (Lipinski definition) is 4. The highest BCUT2D eigenvalue weighted by molar-refractivity contribution is 6.58. The lowest BCUT2D eigenvalue weighted by Gasteiger charge is -2.15. The zero-order valence-corrected chi connectivity index (χ0v) is 13.2. The predicted octanol–water partition coefficient (Wildman–Crippen LogP) is 1.32. The molecule has 0 spiro atoms. The number of carbonyl (C=O) groups is 1. The van der Waals surface area contributed by atoms with E-state index in [-0.39, 0.29) is 17.6 Å². The van der Waals surface area contributed by atoms with Crippen LogP contribution < -0.4 is 15.5 Å². The van der Waals surface area contributed by atoms with Crippen LogP contribution in [0.5, 0.6) is 5.75 Å². The van der Waals surface area contributed by atoms with Gasteiger partial charge in [0.25, 0.3) is 5.91 Å². The smallest absolute Gasteiger partial charge is 0.488 e. The van der Waals surface area contributed by atoms with Gasteiger partial charge in [0.1, 0.15) is 5.75 Å². The Morgan fingerprint density at radius 2 is 1.80 bits per heavy atom. The number of carbonyl (C=O) groups excluding carboxylic acids is 1. The van der Waals surface area contributed by atoms with Crippen LogP contribution in [0.15, 0.2) is 42.5 Å². The van der Waals surface area contributed by atoms with Crippen molar-refractivity contribution in [3.05, 3.63) is 59.2 Å². The average molecular weight is 353 g/mol. The van der Waals surface area contributed by atoms with E-state index in [4.69, 9.17) is 14.8 Å². The second kappa shape index (κ2) is 7.58. The van der Waals surface area contributed by atoms with Gasteiger partial charge in [0.05, 0.1) is 18.2 Å². The molecule has 1 amide bonds. The van der Waals surface area contributed by atoms with Crippen molar-refractivity contribution in [1.82, 2.24) is 5.32 Å². The Hall–Kier alpha value is -2.52. The number of ether oxygens (including phenoxy) is 1. The van der Waals surface area contributed by atoms with E-state index in [1.165, 1.54) is 18.2 Å². The van der Waals surface area contributed by atoms with E-state index < -0.39 is 30.5 Å². The normalized spacial score (nSPS) is 11.1. The molecule has 2 aromatic carbocycles. The van der Waals surface area contributed by atoms with Crippen LogP contribution in [-0.4, -0.2) is 30.2 Å². The van der Waals surface area contributed by atoms with E-state index in [1.54, 1.807) is 12.1 Å². The van der Waals surface area contributed by atoms with Crippen molar-refractivity contribution in [2.24, 2.45) is 0 Å². The molecule has 5 nitrogen and oxygen atoms in total. The zero-order chi connectivity index (χ0) is 18.6. The van der Waals surface area contributed by atoms with Crippen LogP contribution in [0.1, 0.15) is 21.5 Å². The molecule has 0 radical (unpaired) electrons. The van der Waals surface area contributed by atoms with E-state index >= 15 is 0 Å².